The van der Waals surface area contributed by atoms with Gasteiger partial charge in [-0.1, -0.05) is 0 Å². The Kier molecular flexibility index (Phi) is 9.57. The van der Waals surface area contributed by atoms with Crippen molar-refractivity contribution >= 4 is 23.7 Å². The number of urea groups is 1. The van der Waals surface area contributed by atoms with Crippen LogP contribution in [0, 0.1) is 5.92 Å². The summed E-state index contributed by atoms with van der Waals surface area (Å²) in [5.74, 6) is -0.0780. The lowest BCUT2D eigenvalue weighted by Gasteiger charge is -2.31. The lowest BCUT2D eigenvalue weighted by molar-refractivity contribution is -0.141. The molecule has 1 aliphatic heterocycles. The highest BCUT2D eigenvalue weighted by atomic mass is 16.5. The van der Waals surface area contributed by atoms with E-state index in [0.717, 1.165) is 12.8 Å². The number of hydrogen-bond acceptors (Lipinski definition) is 5. The molecule has 0 unspecified atom stereocenters. The van der Waals surface area contributed by atoms with E-state index in [4.69, 9.17) is 4.74 Å². The van der Waals surface area contributed by atoms with Crippen molar-refractivity contribution in [3.8, 4) is 0 Å². The van der Waals surface area contributed by atoms with Gasteiger partial charge >= 0.3 is 12.0 Å². The third-order valence-electron chi connectivity index (χ3n) is 4.09. The van der Waals surface area contributed by atoms with Crippen LogP contribution < -0.4 is 10.6 Å². The summed E-state index contributed by atoms with van der Waals surface area (Å²) in [6.07, 6.45) is 3.11. The summed E-state index contributed by atoms with van der Waals surface area (Å²) < 4.78 is 4.76. The maximum Gasteiger partial charge on any atom is 0.325 e. The van der Waals surface area contributed by atoms with Gasteiger partial charge in [0.1, 0.15) is 12.3 Å². The number of carbonyl (C=O) groups excluding carboxylic acids is 4. The van der Waals surface area contributed by atoms with Gasteiger partial charge in [0, 0.05) is 32.5 Å². The van der Waals surface area contributed by atoms with Crippen LogP contribution in [0.25, 0.3) is 0 Å². The van der Waals surface area contributed by atoms with E-state index in [-0.39, 0.29) is 36.8 Å². The van der Waals surface area contributed by atoms with E-state index in [1.165, 1.54) is 0 Å². The Morgan fingerprint density at radius 1 is 1.12 bits per heavy atom. The molecule has 1 fully saturated rings. The predicted molar refractivity (Wildman–Crippen MR) is 91.9 cm³/mol. The Hall–Kier alpha value is -2.12. The zero-order valence-electron chi connectivity index (χ0n) is 15.1. The van der Waals surface area contributed by atoms with Crippen LogP contribution in [0.4, 0.5) is 4.79 Å². The van der Waals surface area contributed by atoms with Crippen molar-refractivity contribution in [1.29, 1.82) is 0 Å². The van der Waals surface area contributed by atoms with E-state index in [0.29, 0.717) is 38.9 Å². The number of likely N-dealkylation sites (tertiary alicyclic amines) is 1. The standard InChI is InChI=1S/C17H29N3O5/c1-3-25-16(23)12-19-17(24)20-9-6-14(7-10-20)11-15(22)18-8-4-5-13(2)21/h14H,3-12H2,1-2H3,(H,18,22)(H,19,24). The molecule has 25 heavy (non-hydrogen) atoms. The minimum absolute atomic E-state index is 0.00577. The molecular formula is C17H29N3O5. The third-order valence-corrected chi connectivity index (χ3v) is 4.09. The summed E-state index contributed by atoms with van der Waals surface area (Å²) in [4.78, 5) is 47.6. The number of amides is 3. The molecule has 142 valence electrons. The predicted octanol–water partition coefficient (Wildman–Crippen LogP) is 0.847. The van der Waals surface area contributed by atoms with E-state index in [2.05, 4.69) is 10.6 Å². The quantitative estimate of drug-likeness (QED) is 0.471. The highest BCUT2D eigenvalue weighted by Gasteiger charge is 2.24. The van der Waals surface area contributed by atoms with Gasteiger partial charge in [0.25, 0.3) is 0 Å². The van der Waals surface area contributed by atoms with Crippen LogP contribution in [0.1, 0.15) is 46.0 Å². The molecule has 1 rings (SSSR count). The van der Waals surface area contributed by atoms with Crippen molar-refractivity contribution in [3.05, 3.63) is 0 Å². The van der Waals surface area contributed by atoms with Crippen LogP contribution in [-0.4, -0.2) is 61.4 Å². The van der Waals surface area contributed by atoms with Crippen LogP contribution in [-0.2, 0) is 19.1 Å². The molecule has 2 N–H and O–H groups in total. The van der Waals surface area contributed by atoms with Crippen molar-refractivity contribution in [2.45, 2.75) is 46.0 Å². The summed E-state index contributed by atoms with van der Waals surface area (Å²) in [5, 5.41) is 5.37. The van der Waals surface area contributed by atoms with Gasteiger partial charge in [-0.3, -0.25) is 9.59 Å². The molecule has 1 saturated heterocycles. The first kappa shape index (κ1) is 20.9. The first-order valence-electron chi connectivity index (χ1n) is 8.86. The zero-order chi connectivity index (χ0) is 18.7. The van der Waals surface area contributed by atoms with E-state index in [9.17, 15) is 19.2 Å². The van der Waals surface area contributed by atoms with Crippen LogP contribution in [0.3, 0.4) is 0 Å². The molecule has 0 radical (unpaired) electrons. The number of esters is 1. The highest BCUT2D eigenvalue weighted by Crippen LogP contribution is 2.20. The summed E-state index contributed by atoms with van der Waals surface area (Å²) in [6, 6.07) is -0.278. The largest absolute Gasteiger partial charge is 0.465 e. The topological polar surface area (TPSA) is 105 Å². The third kappa shape index (κ3) is 9.07. The number of nitrogens with zero attached hydrogens (tertiary/aromatic N) is 1. The molecule has 0 saturated carbocycles. The van der Waals surface area contributed by atoms with Crippen LogP contribution in [0.2, 0.25) is 0 Å². The maximum atomic E-state index is 12.0. The molecule has 3 amide bonds. The Bertz CT molecular complexity index is 473. The van der Waals surface area contributed by atoms with Crippen molar-refractivity contribution in [3.63, 3.8) is 0 Å². The number of piperidine rings is 1. The maximum absolute atomic E-state index is 12.0. The molecule has 1 heterocycles. The first-order chi connectivity index (χ1) is 11.9. The number of carbonyl (C=O) groups is 4. The van der Waals surface area contributed by atoms with Crippen molar-refractivity contribution in [1.82, 2.24) is 15.5 Å². The highest BCUT2D eigenvalue weighted by molar-refractivity contribution is 5.81. The molecular weight excluding hydrogens is 326 g/mol. The van der Waals surface area contributed by atoms with Gasteiger partial charge in [0.15, 0.2) is 0 Å². The smallest absolute Gasteiger partial charge is 0.325 e. The van der Waals surface area contributed by atoms with Crippen molar-refractivity contribution < 1.29 is 23.9 Å². The van der Waals surface area contributed by atoms with Crippen LogP contribution >= 0.6 is 0 Å². The Balaban J connectivity index is 2.18. The first-order valence-corrected chi connectivity index (χ1v) is 8.86. The molecule has 0 atom stereocenters. The second-order valence-corrected chi connectivity index (χ2v) is 6.25. The van der Waals surface area contributed by atoms with E-state index in [1.807, 2.05) is 0 Å². The second kappa shape index (κ2) is 11.4. The van der Waals surface area contributed by atoms with Gasteiger partial charge < -0.3 is 25.1 Å². The average Bonchev–Trinajstić information content (AvgIpc) is 2.57. The lowest BCUT2D eigenvalue weighted by atomic mass is 9.93. The molecule has 0 aliphatic carbocycles. The SMILES string of the molecule is CCOC(=O)CNC(=O)N1CCC(CC(=O)NCCCC(C)=O)CC1. The van der Waals surface area contributed by atoms with E-state index < -0.39 is 5.97 Å². The molecule has 1 aliphatic rings. The van der Waals surface area contributed by atoms with Crippen LogP contribution in [0.15, 0.2) is 0 Å². The summed E-state index contributed by atoms with van der Waals surface area (Å²) in [5.41, 5.74) is 0. The van der Waals surface area contributed by atoms with Crippen molar-refractivity contribution in [2.24, 2.45) is 5.92 Å². The summed E-state index contributed by atoms with van der Waals surface area (Å²) in [6.45, 7) is 5.07. The zero-order valence-corrected chi connectivity index (χ0v) is 15.1. The van der Waals surface area contributed by atoms with Gasteiger partial charge in [-0.05, 0) is 39.0 Å². The average molecular weight is 355 g/mol. The number of hydrogen-bond donors (Lipinski definition) is 2. The van der Waals surface area contributed by atoms with Gasteiger partial charge in [0.2, 0.25) is 5.91 Å². The fourth-order valence-electron chi connectivity index (χ4n) is 2.71. The minimum atomic E-state index is -0.452. The number of Topliss-reactive ketones (excluding diaryl/α,β-unsaturated/α-hetero) is 1. The minimum Gasteiger partial charge on any atom is -0.465 e. The second-order valence-electron chi connectivity index (χ2n) is 6.25. The Morgan fingerprint density at radius 2 is 1.80 bits per heavy atom. The molecule has 0 aromatic rings. The molecule has 0 aromatic carbocycles. The molecule has 8 nitrogen and oxygen atoms in total. The lowest BCUT2D eigenvalue weighted by Crippen LogP contribution is -2.46. The molecule has 0 aromatic heterocycles. The number of ketones is 1. The number of nitrogens with one attached hydrogen (secondary N) is 2. The van der Waals surface area contributed by atoms with Gasteiger partial charge in [0.05, 0.1) is 6.61 Å². The number of ether oxygens (including phenoxy) is 1. The Morgan fingerprint density at radius 3 is 2.40 bits per heavy atom. The van der Waals surface area contributed by atoms with Crippen LogP contribution in [0.5, 0.6) is 0 Å². The number of rotatable bonds is 9. The van der Waals surface area contributed by atoms with Gasteiger partial charge in [-0.25, -0.2) is 4.79 Å². The van der Waals surface area contributed by atoms with Gasteiger partial charge in [-0.15, -0.1) is 0 Å². The molecule has 0 spiro atoms. The normalized spacial score (nSPS) is 14.7. The summed E-state index contributed by atoms with van der Waals surface area (Å²) >= 11 is 0. The molecule has 0 bridgehead atoms. The Labute approximate surface area is 148 Å². The monoisotopic (exact) mass is 355 g/mol. The fraction of sp³-hybridized carbons (Fsp3) is 0.765. The fourth-order valence-corrected chi connectivity index (χ4v) is 2.71. The van der Waals surface area contributed by atoms with Gasteiger partial charge in [-0.2, -0.15) is 0 Å². The molecule has 8 heteroatoms. The van der Waals surface area contributed by atoms with Crippen molar-refractivity contribution in [2.75, 3.05) is 32.8 Å². The van der Waals surface area contributed by atoms with E-state index >= 15 is 0 Å². The summed E-state index contributed by atoms with van der Waals surface area (Å²) in [7, 11) is 0. The van der Waals surface area contributed by atoms with E-state index in [1.54, 1.807) is 18.7 Å².